The molecule has 0 aromatic heterocycles. The molecule has 1 aliphatic heterocycles. The van der Waals surface area contributed by atoms with E-state index < -0.39 is 28.0 Å². The summed E-state index contributed by atoms with van der Waals surface area (Å²) in [4.78, 5) is 25.2. The number of fused-ring (bicyclic) bond motifs is 1. The molecule has 10 heteroatoms. The summed E-state index contributed by atoms with van der Waals surface area (Å²) in [6.07, 6.45) is -1.19. The van der Waals surface area contributed by atoms with E-state index in [2.05, 4.69) is 5.32 Å². The zero-order valence-corrected chi connectivity index (χ0v) is 19.0. The van der Waals surface area contributed by atoms with Gasteiger partial charge in [-0.05, 0) is 42.5 Å². The van der Waals surface area contributed by atoms with E-state index >= 15 is 0 Å². The molecule has 1 heterocycles. The Morgan fingerprint density at radius 2 is 1.76 bits per heavy atom. The predicted octanol–water partition coefficient (Wildman–Crippen LogP) is 3.72. The molecule has 8 nitrogen and oxygen atoms in total. The molecule has 4 rings (SSSR count). The van der Waals surface area contributed by atoms with Crippen molar-refractivity contribution in [2.24, 2.45) is 0 Å². The number of anilines is 2. The molecule has 1 amide bonds. The number of carbonyl (C=O) groups is 2. The lowest BCUT2D eigenvalue weighted by Crippen LogP contribution is -2.49. The largest absolute Gasteiger partial charge is 0.476 e. The molecule has 1 aliphatic rings. The van der Waals surface area contributed by atoms with Gasteiger partial charge in [-0.15, -0.1) is 0 Å². The predicted molar refractivity (Wildman–Crippen MR) is 123 cm³/mol. The molecule has 0 saturated heterocycles. The average Bonchev–Trinajstić information content (AvgIpc) is 2.83. The van der Waals surface area contributed by atoms with Crippen LogP contribution in [0.3, 0.4) is 0 Å². The van der Waals surface area contributed by atoms with Crippen LogP contribution in [-0.4, -0.2) is 40.1 Å². The van der Waals surface area contributed by atoms with Gasteiger partial charge in [0.25, 0.3) is 15.9 Å². The second-order valence-electron chi connectivity index (χ2n) is 7.09. The summed E-state index contributed by atoms with van der Waals surface area (Å²) in [5.41, 5.74) is 0.604. The topological polar surface area (TPSA) is 102 Å². The summed E-state index contributed by atoms with van der Waals surface area (Å²) in [6, 6.07) is 18.7. The summed E-state index contributed by atoms with van der Waals surface area (Å²) in [5.74, 6) is -1.06. The van der Waals surface area contributed by atoms with Crippen LogP contribution in [0.5, 0.6) is 5.75 Å². The maximum atomic E-state index is 13.4. The first-order chi connectivity index (χ1) is 15.8. The molecule has 0 bridgehead atoms. The van der Waals surface area contributed by atoms with Gasteiger partial charge in [0.05, 0.1) is 35.5 Å². The zero-order chi connectivity index (χ0) is 23.6. The van der Waals surface area contributed by atoms with Gasteiger partial charge in [0.1, 0.15) is 5.75 Å². The van der Waals surface area contributed by atoms with Crippen LogP contribution in [0.25, 0.3) is 0 Å². The molecular formula is C23H19ClN2O6S. The summed E-state index contributed by atoms with van der Waals surface area (Å²) in [6.45, 7) is -0.295. The zero-order valence-electron chi connectivity index (χ0n) is 17.4. The van der Waals surface area contributed by atoms with Crippen LogP contribution in [0.15, 0.2) is 77.7 Å². The average molecular weight is 487 g/mol. The third-order valence-electron chi connectivity index (χ3n) is 5.00. The summed E-state index contributed by atoms with van der Waals surface area (Å²) < 4.78 is 38.5. The number of ether oxygens (including phenoxy) is 2. The number of amides is 1. The number of esters is 1. The third kappa shape index (κ3) is 4.50. The van der Waals surface area contributed by atoms with E-state index in [9.17, 15) is 18.0 Å². The van der Waals surface area contributed by atoms with Crippen molar-refractivity contribution < 1.29 is 27.5 Å². The lowest BCUT2D eigenvalue weighted by molar-refractivity contribution is -0.122. The fraction of sp³-hybridized carbons (Fsp3) is 0.130. The van der Waals surface area contributed by atoms with Crippen molar-refractivity contribution in [1.29, 1.82) is 0 Å². The fourth-order valence-electron chi connectivity index (χ4n) is 3.40. The van der Waals surface area contributed by atoms with Gasteiger partial charge < -0.3 is 14.8 Å². The molecule has 0 fully saturated rings. The Kier molecular flexibility index (Phi) is 6.26. The van der Waals surface area contributed by atoms with Gasteiger partial charge in [-0.1, -0.05) is 41.9 Å². The van der Waals surface area contributed by atoms with Gasteiger partial charge in [-0.2, -0.15) is 0 Å². The highest BCUT2D eigenvalue weighted by Crippen LogP contribution is 2.39. The Balaban J connectivity index is 1.69. The molecule has 1 unspecified atom stereocenters. The molecule has 1 atom stereocenters. The van der Waals surface area contributed by atoms with Crippen LogP contribution in [0.2, 0.25) is 5.02 Å². The Bertz CT molecular complexity index is 1310. The van der Waals surface area contributed by atoms with E-state index in [0.29, 0.717) is 5.02 Å². The first kappa shape index (κ1) is 22.6. The minimum Gasteiger partial charge on any atom is -0.476 e. The van der Waals surface area contributed by atoms with Crippen molar-refractivity contribution in [2.45, 2.75) is 11.0 Å². The van der Waals surface area contributed by atoms with Crippen LogP contribution in [0.1, 0.15) is 10.4 Å². The maximum absolute atomic E-state index is 13.4. The summed E-state index contributed by atoms with van der Waals surface area (Å²) >= 11 is 6.11. The molecule has 0 aliphatic carbocycles. The molecule has 0 spiro atoms. The number of benzene rings is 3. The molecule has 0 saturated carbocycles. The molecular weight excluding hydrogens is 468 g/mol. The monoisotopic (exact) mass is 486 g/mol. The molecule has 0 radical (unpaired) electrons. The first-order valence-corrected chi connectivity index (χ1v) is 11.7. The van der Waals surface area contributed by atoms with Gasteiger partial charge in [-0.3, -0.25) is 9.10 Å². The van der Waals surface area contributed by atoms with E-state index in [0.717, 1.165) is 4.31 Å². The molecule has 33 heavy (non-hydrogen) atoms. The lowest BCUT2D eigenvalue weighted by Gasteiger charge is -2.35. The van der Waals surface area contributed by atoms with Gasteiger partial charge in [0.15, 0.2) is 6.10 Å². The third-order valence-corrected chi connectivity index (χ3v) is 7.03. The van der Waals surface area contributed by atoms with Crippen molar-refractivity contribution in [3.8, 4) is 5.75 Å². The number of para-hydroxylation sites is 1. The highest BCUT2D eigenvalue weighted by molar-refractivity contribution is 7.92. The van der Waals surface area contributed by atoms with Crippen LogP contribution >= 0.6 is 11.6 Å². The smallest absolute Gasteiger partial charge is 0.339 e. The number of methoxy groups -OCH3 is 1. The van der Waals surface area contributed by atoms with E-state index in [1.807, 2.05) is 0 Å². The first-order valence-electron chi connectivity index (χ1n) is 9.83. The number of nitrogens with zero attached hydrogens (tertiary/aromatic N) is 1. The lowest BCUT2D eigenvalue weighted by atomic mass is 10.1. The summed E-state index contributed by atoms with van der Waals surface area (Å²) in [5, 5.41) is 2.96. The van der Waals surface area contributed by atoms with Crippen LogP contribution in [-0.2, 0) is 19.6 Å². The minimum atomic E-state index is -4.02. The minimum absolute atomic E-state index is 0.0630. The number of hydrogen-bond acceptors (Lipinski definition) is 6. The van der Waals surface area contributed by atoms with Crippen molar-refractivity contribution in [2.75, 3.05) is 23.3 Å². The Labute approximate surface area is 195 Å². The van der Waals surface area contributed by atoms with Gasteiger partial charge in [0, 0.05) is 5.02 Å². The second-order valence-corrected chi connectivity index (χ2v) is 9.39. The van der Waals surface area contributed by atoms with E-state index in [4.69, 9.17) is 21.1 Å². The number of halogens is 1. The number of nitrogens with one attached hydrogen (secondary N) is 1. The number of rotatable bonds is 5. The highest BCUT2D eigenvalue weighted by atomic mass is 35.5. The second kappa shape index (κ2) is 9.13. The van der Waals surface area contributed by atoms with Gasteiger partial charge in [0.2, 0.25) is 0 Å². The van der Waals surface area contributed by atoms with Crippen LogP contribution < -0.4 is 14.4 Å². The fourth-order valence-corrected chi connectivity index (χ4v) is 5.06. The molecule has 3 aromatic carbocycles. The Morgan fingerprint density at radius 3 is 2.48 bits per heavy atom. The standard InChI is InChI=1S/C23H19ClN2O6S/c1-31-23(28)17-9-5-6-10-18(17)25-22(27)21-14-26(19-13-15(24)11-12-20(19)32-21)33(29,30)16-7-3-2-4-8-16/h2-13,21H,14H2,1H3,(H,25,27). The maximum Gasteiger partial charge on any atom is 0.339 e. The highest BCUT2D eigenvalue weighted by Gasteiger charge is 2.38. The van der Waals surface area contributed by atoms with Gasteiger partial charge >= 0.3 is 5.97 Å². The van der Waals surface area contributed by atoms with E-state index in [1.165, 1.54) is 37.4 Å². The van der Waals surface area contributed by atoms with Crippen molar-refractivity contribution >= 4 is 44.9 Å². The Morgan fingerprint density at radius 1 is 1.06 bits per heavy atom. The van der Waals surface area contributed by atoms with Crippen molar-refractivity contribution in [3.63, 3.8) is 0 Å². The molecule has 1 N–H and O–H groups in total. The summed E-state index contributed by atoms with van der Waals surface area (Å²) in [7, 11) is -2.78. The van der Waals surface area contributed by atoms with Crippen molar-refractivity contribution in [1.82, 2.24) is 0 Å². The SMILES string of the molecule is COC(=O)c1ccccc1NC(=O)C1CN(S(=O)(=O)c2ccccc2)c2cc(Cl)ccc2O1. The molecule has 3 aromatic rings. The van der Waals surface area contributed by atoms with E-state index in [1.54, 1.807) is 42.5 Å². The number of carbonyl (C=O) groups excluding carboxylic acids is 2. The Hall–Kier alpha value is -3.56. The molecule has 170 valence electrons. The van der Waals surface area contributed by atoms with Crippen molar-refractivity contribution in [3.05, 3.63) is 83.4 Å². The number of sulfonamides is 1. The normalized spacial score (nSPS) is 15.2. The van der Waals surface area contributed by atoms with E-state index in [-0.39, 0.29) is 34.1 Å². The quantitative estimate of drug-likeness (QED) is 0.551. The van der Waals surface area contributed by atoms with Gasteiger partial charge in [-0.25, -0.2) is 13.2 Å². The number of hydrogen-bond donors (Lipinski definition) is 1. The van der Waals surface area contributed by atoms with Crippen LogP contribution in [0, 0.1) is 0 Å². The van der Waals surface area contributed by atoms with Crippen LogP contribution in [0.4, 0.5) is 11.4 Å².